The van der Waals surface area contributed by atoms with E-state index >= 15 is 0 Å². The summed E-state index contributed by atoms with van der Waals surface area (Å²) in [5.41, 5.74) is 5.32. The maximum atomic E-state index is 13.3. The predicted octanol–water partition coefficient (Wildman–Crippen LogP) is 3.12. The van der Waals surface area contributed by atoms with E-state index in [1.54, 1.807) is 6.33 Å². The molecule has 0 aliphatic carbocycles. The molecule has 2 aliphatic rings. The van der Waals surface area contributed by atoms with Crippen LogP contribution in [0.2, 0.25) is 0 Å². The van der Waals surface area contributed by atoms with Crippen molar-refractivity contribution in [3.05, 3.63) is 60.7 Å². The Morgan fingerprint density at radius 2 is 1.97 bits per heavy atom. The van der Waals surface area contributed by atoms with Gasteiger partial charge in [0.1, 0.15) is 17.6 Å². The van der Waals surface area contributed by atoms with Gasteiger partial charge in [-0.2, -0.15) is 0 Å². The number of fused-ring (bicyclic) bond motifs is 4. The number of benzene rings is 1. The predicted molar refractivity (Wildman–Crippen MR) is 125 cm³/mol. The van der Waals surface area contributed by atoms with Crippen molar-refractivity contribution in [1.29, 1.82) is 0 Å². The van der Waals surface area contributed by atoms with Crippen molar-refractivity contribution < 1.29 is 9.59 Å². The molecular weight excluding hydrogens is 430 g/mol. The van der Waals surface area contributed by atoms with E-state index in [4.69, 9.17) is 0 Å². The molecule has 9 heteroatoms. The van der Waals surface area contributed by atoms with Crippen LogP contribution in [-0.4, -0.2) is 59.2 Å². The molecule has 3 aromatic heterocycles. The molecule has 0 bridgehead atoms. The van der Waals surface area contributed by atoms with Crippen LogP contribution >= 0.6 is 0 Å². The van der Waals surface area contributed by atoms with Crippen LogP contribution in [-0.2, 0) is 9.59 Å². The molecule has 6 rings (SSSR count). The molecule has 1 saturated heterocycles. The van der Waals surface area contributed by atoms with Gasteiger partial charge in [0.2, 0.25) is 5.91 Å². The summed E-state index contributed by atoms with van der Waals surface area (Å²) in [6, 6.07) is 8.23. The number of carbonyl (C=O) groups excluding carboxylic acids is 2. The second kappa shape index (κ2) is 8.16. The third kappa shape index (κ3) is 3.30. The number of imidazole rings is 2. The van der Waals surface area contributed by atoms with Gasteiger partial charge < -0.3 is 14.5 Å². The Labute approximate surface area is 196 Å². The summed E-state index contributed by atoms with van der Waals surface area (Å²) in [5.74, 6) is -0.157. The number of aromatic nitrogens is 6. The molecule has 2 atom stereocenters. The summed E-state index contributed by atoms with van der Waals surface area (Å²) in [6.45, 7) is 3.02. The zero-order valence-corrected chi connectivity index (χ0v) is 18.9. The second-order valence-electron chi connectivity index (χ2n) is 9.14. The lowest BCUT2D eigenvalue weighted by Gasteiger charge is -2.33. The van der Waals surface area contributed by atoms with Gasteiger partial charge in [-0.25, -0.2) is 19.9 Å². The fourth-order valence-corrected chi connectivity index (χ4v) is 5.42. The van der Waals surface area contributed by atoms with Gasteiger partial charge in [-0.1, -0.05) is 24.3 Å². The topological polar surface area (TPSA) is 110 Å². The first-order chi connectivity index (χ1) is 16.6. The largest absolute Gasteiger partial charge is 0.342 e. The first-order valence-corrected chi connectivity index (χ1v) is 11.7. The van der Waals surface area contributed by atoms with E-state index in [-0.39, 0.29) is 23.7 Å². The zero-order valence-electron chi connectivity index (χ0n) is 18.9. The molecule has 172 valence electrons. The van der Waals surface area contributed by atoms with Crippen LogP contribution < -0.4 is 0 Å². The molecule has 1 aromatic carbocycles. The number of aromatic amines is 1. The van der Waals surface area contributed by atoms with E-state index < -0.39 is 5.92 Å². The van der Waals surface area contributed by atoms with Crippen molar-refractivity contribution in [2.75, 3.05) is 13.1 Å². The zero-order chi connectivity index (χ0) is 23.2. The van der Waals surface area contributed by atoms with Crippen LogP contribution in [0.1, 0.15) is 49.4 Å². The molecule has 2 unspecified atom stereocenters. The highest BCUT2D eigenvalue weighted by Gasteiger charge is 2.34. The van der Waals surface area contributed by atoms with Crippen LogP contribution in [0, 0.1) is 5.92 Å². The van der Waals surface area contributed by atoms with E-state index in [1.807, 2.05) is 36.5 Å². The second-order valence-corrected chi connectivity index (χ2v) is 9.14. The molecule has 2 aliphatic heterocycles. The lowest BCUT2D eigenvalue weighted by Crippen LogP contribution is -2.42. The number of amides is 1. The highest BCUT2D eigenvalue weighted by molar-refractivity contribution is 5.88. The Morgan fingerprint density at radius 1 is 1.15 bits per heavy atom. The van der Waals surface area contributed by atoms with Gasteiger partial charge >= 0.3 is 0 Å². The molecule has 0 saturated carbocycles. The number of piperidine rings is 1. The quantitative estimate of drug-likeness (QED) is 0.495. The van der Waals surface area contributed by atoms with Gasteiger partial charge in [0.15, 0.2) is 5.65 Å². The minimum absolute atomic E-state index is 0.00420. The number of ketones is 1. The average molecular weight is 456 g/mol. The summed E-state index contributed by atoms with van der Waals surface area (Å²) in [7, 11) is 0. The third-order valence-corrected chi connectivity index (χ3v) is 7.29. The lowest BCUT2D eigenvalue weighted by molar-refractivity contribution is -0.136. The highest BCUT2D eigenvalue weighted by Crippen LogP contribution is 2.41. The number of hydrogen-bond donors (Lipinski definition) is 1. The normalized spacial score (nSPS) is 18.6. The number of H-pyrrole nitrogens is 1. The fraction of sp³-hybridized carbons (Fsp3) is 0.360. The Hall–Kier alpha value is -3.88. The van der Waals surface area contributed by atoms with Crippen LogP contribution in [0.15, 0.2) is 49.4 Å². The van der Waals surface area contributed by atoms with Gasteiger partial charge in [0, 0.05) is 31.0 Å². The molecule has 1 amide bonds. The van der Waals surface area contributed by atoms with Crippen LogP contribution in [0.4, 0.5) is 0 Å². The molecular formula is C25H25N7O2. The van der Waals surface area contributed by atoms with Crippen molar-refractivity contribution >= 4 is 22.9 Å². The van der Waals surface area contributed by atoms with Gasteiger partial charge in [0.05, 0.1) is 42.2 Å². The van der Waals surface area contributed by atoms with Gasteiger partial charge in [-0.3, -0.25) is 9.59 Å². The summed E-state index contributed by atoms with van der Waals surface area (Å²) in [5, 5.41) is 0. The smallest absolute Gasteiger partial charge is 0.231 e. The summed E-state index contributed by atoms with van der Waals surface area (Å²) >= 11 is 0. The fourth-order valence-electron chi connectivity index (χ4n) is 5.42. The Bertz CT molecular complexity index is 1380. The van der Waals surface area contributed by atoms with Crippen molar-refractivity contribution in [2.24, 2.45) is 5.92 Å². The maximum Gasteiger partial charge on any atom is 0.231 e. The number of hydrogen-bond acceptors (Lipinski definition) is 6. The third-order valence-electron chi connectivity index (χ3n) is 7.29. The molecule has 9 nitrogen and oxygen atoms in total. The molecule has 34 heavy (non-hydrogen) atoms. The molecule has 1 N–H and O–H groups in total. The monoisotopic (exact) mass is 455 g/mol. The summed E-state index contributed by atoms with van der Waals surface area (Å²) in [6.07, 6.45) is 8.52. The minimum atomic E-state index is -0.409. The maximum absolute atomic E-state index is 13.3. The Balaban J connectivity index is 1.11. The number of nitrogens with zero attached hydrogens (tertiary/aromatic N) is 6. The van der Waals surface area contributed by atoms with Gasteiger partial charge in [-0.15, -0.1) is 0 Å². The van der Waals surface area contributed by atoms with Crippen LogP contribution in [0.3, 0.4) is 0 Å². The highest BCUT2D eigenvalue weighted by atomic mass is 16.2. The number of carbonyl (C=O) groups is 2. The summed E-state index contributed by atoms with van der Waals surface area (Å²) in [4.78, 5) is 48.3. The molecule has 4 aromatic rings. The van der Waals surface area contributed by atoms with E-state index in [0.29, 0.717) is 49.2 Å². The number of rotatable bonds is 5. The first kappa shape index (κ1) is 20.7. The molecule has 1 fully saturated rings. The Morgan fingerprint density at radius 3 is 2.82 bits per heavy atom. The minimum Gasteiger partial charge on any atom is -0.342 e. The number of likely N-dealkylation sites (tertiary alicyclic amines) is 1. The number of Topliss-reactive ketones (excluding diaryl/α,β-unsaturated/α-hetero) is 1. The van der Waals surface area contributed by atoms with Crippen LogP contribution in [0.25, 0.3) is 22.4 Å². The summed E-state index contributed by atoms with van der Waals surface area (Å²) < 4.78 is 2.11. The van der Waals surface area contributed by atoms with Gasteiger partial charge in [-0.05, 0) is 25.3 Å². The van der Waals surface area contributed by atoms with Crippen molar-refractivity contribution in [3.63, 3.8) is 0 Å². The van der Waals surface area contributed by atoms with Gasteiger partial charge in [0.25, 0.3) is 0 Å². The van der Waals surface area contributed by atoms with E-state index in [1.165, 1.54) is 11.9 Å². The first-order valence-electron chi connectivity index (χ1n) is 11.7. The van der Waals surface area contributed by atoms with E-state index in [9.17, 15) is 9.59 Å². The van der Waals surface area contributed by atoms with Crippen LogP contribution in [0.5, 0.6) is 0 Å². The van der Waals surface area contributed by atoms with E-state index in [2.05, 4.69) is 41.6 Å². The lowest BCUT2D eigenvalue weighted by atomic mass is 9.87. The number of nitrogens with one attached hydrogen (secondary N) is 1. The molecule has 5 heterocycles. The van der Waals surface area contributed by atoms with Crippen molar-refractivity contribution in [1.82, 2.24) is 34.4 Å². The van der Waals surface area contributed by atoms with Crippen molar-refractivity contribution in [3.8, 4) is 11.3 Å². The molecule has 0 spiro atoms. The average Bonchev–Trinajstić information content (AvgIpc) is 3.61. The standard InChI is InChI=1S/C25H25N7O2/c1-15(22-23-24(29-12-27-22)30-13-28-23)25(34)31-8-6-16(7-9-31)21(33)10-19-17-4-2-3-5-18(17)20-11-26-14-32(19)20/h2-5,11-16,19H,6-10H2,1H3,(H,27,28,29,30). The SMILES string of the molecule is CC(C(=O)N1CCC(C(=O)CC2c3ccccc3-c3cncn32)CC1)c1ncnc2nc[nH]c12. The Kier molecular flexibility index (Phi) is 4.97. The molecule has 0 radical (unpaired) electrons. The van der Waals surface area contributed by atoms with Crippen molar-refractivity contribution in [2.45, 2.75) is 38.1 Å². The van der Waals surface area contributed by atoms with E-state index in [0.717, 1.165) is 11.3 Å².